The van der Waals surface area contributed by atoms with Gasteiger partial charge in [-0.15, -0.1) is 0 Å². The minimum Gasteiger partial charge on any atom is -0.310 e. The number of hydrogen-bond acceptors (Lipinski definition) is 1. The van der Waals surface area contributed by atoms with E-state index in [1.165, 1.54) is 204 Å². The van der Waals surface area contributed by atoms with E-state index < -0.39 is 0 Å². The number of unbranched alkanes of at least 4 members (excludes halogenated alkanes) is 13. The van der Waals surface area contributed by atoms with Gasteiger partial charge in [-0.3, -0.25) is 0 Å². The van der Waals surface area contributed by atoms with Gasteiger partial charge in [-0.25, -0.2) is 0 Å². The van der Waals surface area contributed by atoms with Crippen molar-refractivity contribution in [3.63, 3.8) is 0 Å². The number of nitrogens with zero attached hydrogens (tertiary/aromatic N) is 1. The highest BCUT2D eigenvalue weighted by Crippen LogP contribution is 2.56. The fourth-order valence-electron chi connectivity index (χ4n) is 11.9. The van der Waals surface area contributed by atoms with Gasteiger partial charge in [0.2, 0.25) is 0 Å². The Balaban J connectivity index is 1.05. The number of anilines is 3. The third kappa shape index (κ3) is 11.6. The Hall–Kier alpha value is -4.88. The molecule has 0 fully saturated rings. The van der Waals surface area contributed by atoms with Crippen LogP contribution in [0.25, 0.3) is 22.3 Å². The van der Waals surface area contributed by atoms with Gasteiger partial charge in [0.25, 0.3) is 0 Å². The van der Waals surface area contributed by atoms with Crippen molar-refractivity contribution in [2.24, 2.45) is 0 Å². The molecule has 0 spiro atoms. The van der Waals surface area contributed by atoms with Gasteiger partial charge in [0.15, 0.2) is 0 Å². The molecule has 0 N–H and O–H groups in total. The molecule has 0 aromatic heterocycles. The van der Waals surface area contributed by atoms with Crippen molar-refractivity contribution >= 4 is 17.1 Å². The molecule has 0 aliphatic heterocycles. The third-order valence-corrected chi connectivity index (χ3v) is 16.8. The Bertz CT molecular complexity index is 2470. The van der Waals surface area contributed by atoms with Crippen molar-refractivity contribution in [1.29, 1.82) is 0 Å². The molecule has 0 unspecified atom stereocenters. The lowest BCUT2D eigenvalue weighted by atomic mass is 9.68. The van der Waals surface area contributed by atoms with Gasteiger partial charge in [0.1, 0.15) is 0 Å². The van der Waals surface area contributed by atoms with Crippen LogP contribution in [0.2, 0.25) is 0 Å². The topological polar surface area (TPSA) is 3.24 Å². The second-order valence-corrected chi connectivity index (χ2v) is 21.3. The first-order valence-corrected chi connectivity index (χ1v) is 27.8. The van der Waals surface area contributed by atoms with Crippen molar-refractivity contribution in [3.05, 3.63) is 172 Å². The second kappa shape index (κ2) is 24.1. The standard InChI is InChI=1S/C67H85N/c1-6-10-12-14-18-25-46-67(47-26-19-15-13-11-7-2)64-50-57(40-44-62(64)63-45-41-58(51-65(63)67)66(5,8-3)9-4)55-38-42-60(43-39-55)68(59-31-23-20-24-32-59)61-33-27-30-52(49-61)28-21-16-17-22-29-53-34-35-54-36-37-56(54)48-53/h20,23-24,27,30-35,38-45,48-51H,6-19,21-22,25-26,28-29,36-37,46-47H2,1-5H3. The second-order valence-electron chi connectivity index (χ2n) is 21.3. The van der Waals surface area contributed by atoms with Crippen LogP contribution in [0, 0.1) is 0 Å². The summed E-state index contributed by atoms with van der Waals surface area (Å²) in [5, 5.41) is 0. The van der Waals surface area contributed by atoms with Crippen molar-refractivity contribution < 1.29 is 0 Å². The van der Waals surface area contributed by atoms with E-state index in [-0.39, 0.29) is 10.8 Å². The molecule has 0 bridgehead atoms. The Morgan fingerprint density at radius 2 is 0.971 bits per heavy atom. The molecule has 68 heavy (non-hydrogen) atoms. The summed E-state index contributed by atoms with van der Waals surface area (Å²) in [6, 6.07) is 52.2. The van der Waals surface area contributed by atoms with Crippen LogP contribution in [-0.4, -0.2) is 0 Å². The van der Waals surface area contributed by atoms with Crippen molar-refractivity contribution in [3.8, 4) is 22.3 Å². The minimum absolute atomic E-state index is 0.0479. The van der Waals surface area contributed by atoms with E-state index in [9.17, 15) is 0 Å². The van der Waals surface area contributed by atoms with E-state index in [2.05, 4.69) is 173 Å². The van der Waals surface area contributed by atoms with Crippen LogP contribution in [0.1, 0.15) is 202 Å². The molecule has 0 saturated carbocycles. The summed E-state index contributed by atoms with van der Waals surface area (Å²) >= 11 is 0. The van der Waals surface area contributed by atoms with Crippen LogP contribution in [0.5, 0.6) is 0 Å². The molecule has 0 atom stereocenters. The summed E-state index contributed by atoms with van der Waals surface area (Å²) in [5.74, 6) is 0. The summed E-state index contributed by atoms with van der Waals surface area (Å²) in [6.07, 6.45) is 30.9. The molecule has 2 aliphatic carbocycles. The zero-order chi connectivity index (χ0) is 47.2. The van der Waals surface area contributed by atoms with Gasteiger partial charge >= 0.3 is 0 Å². The zero-order valence-electron chi connectivity index (χ0n) is 43.1. The molecular formula is C67H85N. The quantitative estimate of drug-likeness (QED) is 0.0444. The molecule has 1 nitrogen and oxygen atoms in total. The summed E-state index contributed by atoms with van der Waals surface area (Å²) in [7, 11) is 0. The van der Waals surface area contributed by atoms with E-state index in [0.717, 1.165) is 6.42 Å². The van der Waals surface area contributed by atoms with Crippen molar-refractivity contribution in [1.82, 2.24) is 0 Å². The van der Waals surface area contributed by atoms with Crippen LogP contribution in [-0.2, 0) is 36.5 Å². The summed E-state index contributed by atoms with van der Waals surface area (Å²) in [5.41, 5.74) is 20.4. The summed E-state index contributed by atoms with van der Waals surface area (Å²) in [6.45, 7) is 11.9. The van der Waals surface area contributed by atoms with E-state index in [1.54, 1.807) is 22.3 Å². The van der Waals surface area contributed by atoms with E-state index in [1.807, 2.05) is 0 Å². The number of rotatable bonds is 28. The smallest absolute Gasteiger partial charge is 0.0464 e. The molecule has 6 aromatic carbocycles. The molecule has 0 radical (unpaired) electrons. The number of aryl methyl sites for hydroxylation is 4. The van der Waals surface area contributed by atoms with Gasteiger partial charge in [0.05, 0.1) is 0 Å². The average Bonchev–Trinajstić information content (AvgIpc) is 3.63. The SMILES string of the molecule is CCCCCCCCC1(CCCCCCCC)c2cc(-c3ccc(N(c4ccccc4)c4cccc(CCCCCCc5ccc6c(c5)CC6)c4)cc3)ccc2-c2ccc(C(C)(CC)CC)cc21. The van der Waals surface area contributed by atoms with E-state index >= 15 is 0 Å². The number of para-hydroxylation sites is 1. The third-order valence-electron chi connectivity index (χ3n) is 16.8. The predicted octanol–water partition coefficient (Wildman–Crippen LogP) is 20.1. The lowest BCUT2D eigenvalue weighted by molar-refractivity contribution is 0.395. The lowest BCUT2D eigenvalue weighted by Gasteiger charge is -2.35. The Labute approximate surface area is 414 Å². The highest BCUT2D eigenvalue weighted by atomic mass is 15.1. The fourth-order valence-corrected chi connectivity index (χ4v) is 11.9. The molecule has 0 heterocycles. The monoisotopic (exact) mass is 904 g/mol. The maximum Gasteiger partial charge on any atom is 0.0464 e. The van der Waals surface area contributed by atoms with Crippen molar-refractivity contribution in [2.45, 2.75) is 200 Å². The molecule has 0 saturated heterocycles. The largest absolute Gasteiger partial charge is 0.310 e. The normalized spacial score (nSPS) is 13.5. The molecule has 8 rings (SSSR count). The zero-order valence-corrected chi connectivity index (χ0v) is 43.1. The van der Waals surface area contributed by atoms with Crippen LogP contribution < -0.4 is 4.90 Å². The Morgan fingerprint density at radius 1 is 0.426 bits per heavy atom. The first-order chi connectivity index (χ1) is 33.4. The number of hydrogen-bond donors (Lipinski definition) is 0. The Morgan fingerprint density at radius 3 is 1.59 bits per heavy atom. The van der Waals surface area contributed by atoms with Gasteiger partial charge in [-0.1, -0.05) is 216 Å². The first kappa shape index (κ1) is 49.5. The van der Waals surface area contributed by atoms with Crippen LogP contribution >= 0.6 is 0 Å². The highest BCUT2D eigenvalue weighted by Gasteiger charge is 2.43. The maximum absolute atomic E-state index is 2.70. The molecule has 6 aromatic rings. The summed E-state index contributed by atoms with van der Waals surface area (Å²) < 4.78 is 0. The molecule has 1 heteroatoms. The molecule has 2 aliphatic rings. The predicted molar refractivity (Wildman–Crippen MR) is 296 cm³/mol. The Kier molecular flexibility index (Phi) is 17.6. The molecule has 358 valence electrons. The molecular weight excluding hydrogens is 819 g/mol. The first-order valence-electron chi connectivity index (χ1n) is 27.8. The van der Waals surface area contributed by atoms with Crippen LogP contribution in [0.15, 0.2) is 133 Å². The van der Waals surface area contributed by atoms with Crippen LogP contribution in [0.3, 0.4) is 0 Å². The van der Waals surface area contributed by atoms with Gasteiger partial charge in [0, 0.05) is 22.5 Å². The lowest BCUT2D eigenvalue weighted by Crippen LogP contribution is -2.27. The van der Waals surface area contributed by atoms with E-state index in [0.29, 0.717) is 0 Å². The summed E-state index contributed by atoms with van der Waals surface area (Å²) in [4.78, 5) is 2.45. The van der Waals surface area contributed by atoms with Gasteiger partial charge < -0.3 is 4.90 Å². The number of fused-ring (bicyclic) bond motifs is 4. The van der Waals surface area contributed by atoms with Gasteiger partial charge in [-0.2, -0.15) is 0 Å². The maximum atomic E-state index is 2.70. The average molecular weight is 904 g/mol. The fraction of sp³-hybridized carbons (Fsp3) is 0.463. The highest BCUT2D eigenvalue weighted by molar-refractivity contribution is 5.85. The van der Waals surface area contributed by atoms with E-state index in [4.69, 9.17) is 0 Å². The number of benzene rings is 6. The van der Waals surface area contributed by atoms with Gasteiger partial charge in [-0.05, 0) is 173 Å². The van der Waals surface area contributed by atoms with Crippen LogP contribution in [0.4, 0.5) is 17.1 Å². The van der Waals surface area contributed by atoms with Crippen molar-refractivity contribution in [2.75, 3.05) is 4.90 Å². The minimum atomic E-state index is 0.0479. The molecule has 0 amide bonds.